The monoisotopic (exact) mass is 244 g/mol. The van der Waals surface area contributed by atoms with Crippen LogP contribution in [0.5, 0.6) is 5.75 Å². The molecule has 1 heterocycles. The van der Waals surface area contributed by atoms with Gasteiger partial charge in [0.2, 0.25) is 0 Å². The Morgan fingerprint density at radius 1 is 1.39 bits per heavy atom. The molecule has 0 fully saturated rings. The number of carbonyl (C=O) groups excluding carboxylic acids is 1. The van der Waals surface area contributed by atoms with Crippen LogP contribution in [0.2, 0.25) is 0 Å². The molecule has 0 amide bonds. The number of esters is 1. The molecule has 0 unspecified atom stereocenters. The highest BCUT2D eigenvalue weighted by Crippen LogP contribution is 2.31. The van der Waals surface area contributed by atoms with Crippen LogP contribution in [-0.4, -0.2) is 18.7 Å². The van der Waals surface area contributed by atoms with Gasteiger partial charge in [0.1, 0.15) is 11.4 Å². The van der Waals surface area contributed by atoms with Crippen molar-refractivity contribution in [1.29, 1.82) is 0 Å². The predicted octanol–water partition coefficient (Wildman–Crippen LogP) is 3.06. The fourth-order valence-electron chi connectivity index (χ4n) is 1.73. The van der Waals surface area contributed by atoms with Gasteiger partial charge in [-0.2, -0.15) is 0 Å². The van der Waals surface area contributed by atoms with Crippen molar-refractivity contribution in [3.63, 3.8) is 0 Å². The van der Waals surface area contributed by atoms with Gasteiger partial charge in [0.15, 0.2) is 0 Å². The smallest absolute Gasteiger partial charge is 0.330 e. The lowest BCUT2D eigenvalue weighted by Gasteiger charge is -2.27. The van der Waals surface area contributed by atoms with Crippen LogP contribution in [-0.2, 0) is 9.53 Å². The Bertz CT molecular complexity index is 525. The standard InChI is InChI=1S/C15H16O3/c1-15(2)9-8-12-10-11(4-6-13(12)18-15)5-7-14(16)17-3/h4-10H,1-3H3/b7-5+. The molecule has 0 saturated heterocycles. The minimum Gasteiger partial charge on any atom is -0.483 e. The fourth-order valence-corrected chi connectivity index (χ4v) is 1.73. The average Bonchev–Trinajstić information content (AvgIpc) is 2.35. The molecule has 1 aromatic rings. The summed E-state index contributed by atoms with van der Waals surface area (Å²) in [5, 5.41) is 0. The summed E-state index contributed by atoms with van der Waals surface area (Å²) in [5.74, 6) is 0.498. The molecule has 0 aliphatic carbocycles. The summed E-state index contributed by atoms with van der Waals surface area (Å²) >= 11 is 0. The topological polar surface area (TPSA) is 35.5 Å². The van der Waals surface area contributed by atoms with Crippen molar-refractivity contribution < 1.29 is 14.3 Å². The number of hydrogen-bond donors (Lipinski definition) is 0. The van der Waals surface area contributed by atoms with Crippen LogP contribution in [0.25, 0.3) is 12.2 Å². The molecule has 94 valence electrons. The normalized spacial score (nSPS) is 16.2. The van der Waals surface area contributed by atoms with E-state index in [0.717, 1.165) is 16.9 Å². The highest BCUT2D eigenvalue weighted by atomic mass is 16.5. The van der Waals surface area contributed by atoms with E-state index in [4.69, 9.17) is 4.74 Å². The van der Waals surface area contributed by atoms with E-state index in [1.165, 1.54) is 13.2 Å². The number of ether oxygens (including phenoxy) is 2. The van der Waals surface area contributed by atoms with E-state index >= 15 is 0 Å². The zero-order chi connectivity index (χ0) is 13.2. The molecule has 1 aliphatic heterocycles. The minimum atomic E-state index is -0.361. The van der Waals surface area contributed by atoms with Crippen LogP contribution in [0, 0.1) is 0 Å². The maximum Gasteiger partial charge on any atom is 0.330 e. The molecule has 0 bridgehead atoms. The summed E-state index contributed by atoms with van der Waals surface area (Å²) < 4.78 is 10.4. The molecule has 0 radical (unpaired) electrons. The van der Waals surface area contributed by atoms with Crippen molar-refractivity contribution in [1.82, 2.24) is 0 Å². The van der Waals surface area contributed by atoms with E-state index in [0.29, 0.717) is 0 Å². The summed E-state index contributed by atoms with van der Waals surface area (Å²) in [6.45, 7) is 4.02. The van der Waals surface area contributed by atoms with Gasteiger partial charge in [-0.3, -0.25) is 0 Å². The molecule has 1 aliphatic rings. The number of hydrogen-bond acceptors (Lipinski definition) is 3. The van der Waals surface area contributed by atoms with Crippen LogP contribution in [0.1, 0.15) is 25.0 Å². The van der Waals surface area contributed by atoms with Crippen LogP contribution in [0.4, 0.5) is 0 Å². The molecular weight excluding hydrogens is 228 g/mol. The quantitative estimate of drug-likeness (QED) is 0.592. The van der Waals surface area contributed by atoms with Crippen molar-refractivity contribution in [3.05, 3.63) is 41.5 Å². The van der Waals surface area contributed by atoms with Gasteiger partial charge < -0.3 is 9.47 Å². The summed E-state index contributed by atoms with van der Waals surface area (Å²) in [5.41, 5.74) is 1.68. The molecule has 0 spiro atoms. The highest BCUT2D eigenvalue weighted by molar-refractivity contribution is 5.87. The molecule has 0 aromatic heterocycles. The maximum absolute atomic E-state index is 11.0. The number of carbonyl (C=O) groups is 1. The molecule has 18 heavy (non-hydrogen) atoms. The fraction of sp³-hybridized carbons (Fsp3) is 0.267. The van der Waals surface area contributed by atoms with E-state index in [1.807, 2.05) is 44.2 Å². The molecule has 3 nitrogen and oxygen atoms in total. The Balaban J connectivity index is 2.24. The van der Waals surface area contributed by atoms with Gasteiger partial charge in [-0.05, 0) is 43.7 Å². The first kappa shape index (κ1) is 12.4. The first-order chi connectivity index (χ1) is 8.50. The van der Waals surface area contributed by atoms with Crippen LogP contribution >= 0.6 is 0 Å². The molecule has 0 atom stereocenters. The minimum absolute atomic E-state index is 0.267. The SMILES string of the molecule is COC(=O)/C=C/c1ccc2c(c1)C=CC(C)(C)O2. The summed E-state index contributed by atoms with van der Waals surface area (Å²) in [7, 11) is 1.36. The average molecular weight is 244 g/mol. The number of methoxy groups -OCH3 is 1. The first-order valence-corrected chi connectivity index (χ1v) is 5.78. The molecule has 3 heteroatoms. The van der Waals surface area contributed by atoms with Crippen molar-refractivity contribution >= 4 is 18.1 Å². The van der Waals surface area contributed by atoms with Gasteiger partial charge in [0.25, 0.3) is 0 Å². The second-order valence-corrected chi connectivity index (χ2v) is 4.69. The molecule has 1 aromatic carbocycles. The molecular formula is C15H16O3. The summed E-state index contributed by atoms with van der Waals surface area (Å²) in [6, 6.07) is 5.80. The van der Waals surface area contributed by atoms with Gasteiger partial charge in [-0.1, -0.05) is 12.1 Å². The zero-order valence-electron chi connectivity index (χ0n) is 10.8. The van der Waals surface area contributed by atoms with Crippen LogP contribution < -0.4 is 4.74 Å². The lowest BCUT2D eigenvalue weighted by Crippen LogP contribution is -2.27. The first-order valence-electron chi connectivity index (χ1n) is 5.78. The van der Waals surface area contributed by atoms with Gasteiger partial charge in [-0.15, -0.1) is 0 Å². The van der Waals surface area contributed by atoms with Crippen molar-refractivity contribution in [2.45, 2.75) is 19.4 Å². The number of benzene rings is 1. The van der Waals surface area contributed by atoms with E-state index in [1.54, 1.807) is 6.08 Å². The predicted molar refractivity (Wildman–Crippen MR) is 71.2 cm³/mol. The third-order valence-corrected chi connectivity index (χ3v) is 2.68. The second kappa shape index (κ2) is 4.69. The lowest BCUT2D eigenvalue weighted by molar-refractivity contribution is -0.134. The van der Waals surface area contributed by atoms with E-state index in [-0.39, 0.29) is 11.6 Å². The Morgan fingerprint density at radius 2 is 2.17 bits per heavy atom. The largest absolute Gasteiger partial charge is 0.483 e. The summed E-state index contributed by atoms with van der Waals surface area (Å²) in [4.78, 5) is 11.0. The van der Waals surface area contributed by atoms with Crippen molar-refractivity contribution in [2.24, 2.45) is 0 Å². The lowest BCUT2D eigenvalue weighted by atomic mass is 10.0. The van der Waals surface area contributed by atoms with Crippen molar-refractivity contribution in [3.8, 4) is 5.75 Å². The van der Waals surface area contributed by atoms with E-state index in [2.05, 4.69) is 4.74 Å². The molecule has 2 rings (SSSR count). The Labute approximate surface area is 107 Å². The third-order valence-electron chi connectivity index (χ3n) is 2.68. The molecule has 0 N–H and O–H groups in total. The van der Waals surface area contributed by atoms with Crippen molar-refractivity contribution in [2.75, 3.05) is 7.11 Å². The van der Waals surface area contributed by atoms with Gasteiger partial charge in [-0.25, -0.2) is 4.79 Å². The van der Waals surface area contributed by atoms with Crippen LogP contribution in [0.15, 0.2) is 30.4 Å². The zero-order valence-corrected chi connectivity index (χ0v) is 10.8. The Kier molecular flexibility index (Phi) is 3.24. The van der Waals surface area contributed by atoms with Gasteiger partial charge in [0, 0.05) is 11.6 Å². The molecule has 0 saturated carbocycles. The number of rotatable bonds is 2. The van der Waals surface area contributed by atoms with Gasteiger partial charge in [0.05, 0.1) is 7.11 Å². The third kappa shape index (κ3) is 2.80. The summed E-state index contributed by atoms with van der Waals surface area (Å²) in [6.07, 6.45) is 7.18. The highest BCUT2D eigenvalue weighted by Gasteiger charge is 2.21. The maximum atomic E-state index is 11.0. The van der Waals surface area contributed by atoms with E-state index < -0.39 is 0 Å². The second-order valence-electron chi connectivity index (χ2n) is 4.69. The van der Waals surface area contributed by atoms with Gasteiger partial charge >= 0.3 is 5.97 Å². The van der Waals surface area contributed by atoms with Crippen LogP contribution in [0.3, 0.4) is 0 Å². The Hall–Kier alpha value is -2.03. The number of fused-ring (bicyclic) bond motifs is 1. The van der Waals surface area contributed by atoms with E-state index in [9.17, 15) is 4.79 Å². The Morgan fingerprint density at radius 3 is 2.89 bits per heavy atom.